The third-order valence-electron chi connectivity index (χ3n) is 3.70. The number of carbonyl (C=O) groups excluding carboxylic acids is 1. The average molecular weight is 471 g/mol. The monoisotopic (exact) mass is 469 g/mol. The van der Waals surface area contributed by atoms with E-state index in [1.165, 1.54) is 11.8 Å². The molecule has 8 heteroatoms. The van der Waals surface area contributed by atoms with Gasteiger partial charge in [-0.2, -0.15) is 0 Å². The number of benzene rings is 2. The van der Waals surface area contributed by atoms with Crippen molar-refractivity contribution in [1.82, 2.24) is 14.8 Å². The minimum atomic E-state index is 0.0410. The van der Waals surface area contributed by atoms with E-state index in [1.54, 1.807) is 24.3 Å². The number of thioether (sulfide) groups is 1. The van der Waals surface area contributed by atoms with Gasteiger partial charge >= 0.3 is 0 Å². The summed E-state index contributed by atoms with van der Waals surface area (Å²) in [5, 5.41) is 10.2. The van der Waals surface area contributed by atoms with Gasteiger partial charge in [-0.25, -0.2) is 0 Å². The maximum atomic E-state index is 12.4. The summed E-state index contributed by atoms with van der Waals surface area (Å²) < 4.78 is 2.88. The predicted molar refractivity (Wildman–Crippen MR) is 110 cm³/mol. The molecule has 0 atom stereocenters. The molecular formula is C18H14BrCl2N3OS. The zero-order valence-corrected chi connectivity index (χ0v) is 17.7. The highest BCUT2D eigenvalue weighted by atomic mass is 79.9. The Bertz CT molecular complexity index is 944. The highest BCUT2D eigenvalue weighted by Crippen LogP contribution is 2.31. The summed E-state index contributed by atoms with van der Waals surface area (Å²) in [5.41, 5.74) is 1.43. The van der Waals surface area contributed by atoms with E-state index in [-0.39, 0.29) is 11.5 Å². The van der Waals surface area contributed by atoms with Crippen molar-refractivity contribution in [2.75, 3.05) is 5.75 Å². The van der Waals surface area contributed by atoms with Gasteiger partial charge in [0.25, 0.3) is 0 Å². The Kier molecular flexibility index (Phi) is 6.40. The number of carbonyl (C=O) groups is 1. The van der Waals surface area contributed by atoms with E-state index in [4.69, 9.17) is 23.2 Å². The van der Waals surface area contributed by atoms with Gasteiger partial charge in [-0.3, -0.25) is 4.79 Å². The Morgan fingerprint density at radius 2 is 1.88 bits per heavy atom. The number of hydrogen-bond acceptors (Lipinski definition) is 4. The highest BCUT2D eigenvalue weighted by Gasteiger charge is 2.17. The fraction of sp³-hybridized carbons (Fsp3) is 0.167. The molecule has 0 amide bonds. The lowest BCUT2D eigenvalue weighted by atomic mass is 10.2. The van der Waals surface area contributed by atoms with Gasteiger partial charge in [-0.05, 0) is 37.3 Å². The minimum Gasteiger partial charge on any atom is -0.302 e. The number of nitrogens with zero attached hydrogens (tertiary/aromatic N) is 3. The van der Waals surface area contributed by atoms with E-state index < -0.39 is 0 Å². The van der Waals surface area contributed by atoms with Crippen LogP contribution in [0.5, 0.6) is 0 Å². The van der Waals surface area contributed by atoms with Crippen LogP contribution in [0.15, 0.2) is 52.1 Å². The molecule has 4 nitrogen and oxygen atoms in total. The average Bonchev–Trinajstić information content (AvgIpc) is 3.03. The van der Waals surface area contributed by atoms with Gasteiger partial charge < -0.3 is 4.57 Å². The molecule has 0 radical (unpaired) electrons. The predicted octanol–water partition coefficient (Wildman–Crippen LogP) is 6.01. The van der Waals surface area contributed by atoms with Gasteiger partial charge in [0.2, 0.25) is 0 Å². The summed E-state index contributed by atoms with van der Waals surface area (Å²) in [4.78, 5) is 12.4. The van der Waals surface area contributed by atoms with E-state index in [0.29, 0.717) is 33.1 Å². The third-order valence-corrected chi connectivity index (χ3v) is 5.75. The number of halogens is 3. The van der Waals surface area contributed by atoms with Crippen LogP contribution in [0.2, 0.25) is 10.0 Å². The number of rotatable bonds is 6. The molecule has 3 rings (SSSR count). The summed E-state index contributed by atoms with van der Waals surface area (Å²) >= 11 is 17.0. The van der Waals surface area contributed by atoms with Crippen LogP contribution >= 0.6 is 50.9 Å². The minimum absolute atomic E-state index is 0.0410. The summed E-state index contributed by atoms with van der Waals surface area (Å²) in [6.45, 7) is 2.66. The molecule has 0 spiro atoms. The van der Waals surface area contributed by atoms with Crippen LogP contribution < -0.4 is 0 Å². The molecule has 0 aliphatic heterocycles. The molecule has 2 aromatic carbocycles. The van der Waals surface area contributed by atoms with Crippen molar-refractivity contribution < 1.29 is 4.79 Å². The Hall–Kier alpha value is -1.34. The molecular weight excluding hydrogens is 457 g/mol. The van der Waals surface area contributed by atoms with Gasteiger partial charge in [0.15, 0.2) is 16.8 Å². The van der Waals surface area contributed by atoms with Gasteiger partial charge in [0, 0.05) is 27.2 Å². The summed E-state index contributed by atoms with van der Waals surface area (Å²) in [6, 6.07) is 12.6. The molecule has 0 saturated heterocycles. The molecule has 0 aliphatic rings. The van der Waals surface area contributed by atoms with Crippen LogP contribution in [0.1, 0.15) is 17.3 Å². The van der Waals surface area contributed by atoms with E-state index in [0.717, 1.165) is 10.0 Å². The molecule has 134 valence electrons. The van der Waals surface area contributed by atoms with Crippen LogP contribution in [0, 0.1) is 0 Å². The quantitative estimate of drug-likeness (QED) is 0.327. The van der Waals surface area contributed by atoms with Crippen molar-refractivity contribution in [3.05, 3.63) is 62.5 Å². The first kappa shape index (κ1) is 19.4. The first-order chi connectivity index (χ1) is 12.5. The van der Waals surface area contributed by atoms with Crippen LogP contribution in [-0.4, -0.2) is 26.3 Å². The number of ketones is 1. The van der Waals surface area contributed by atoms with Crippen LogP contribution in [0.3, 0.4) is 0 Å². The first-order valence-corrected chi connectivity index (χ1v) is 10.3. The lowest BCUT2D eigenvalue weighted by molar-refractivity contribution is 0.102. The van der Waals surface area contributed by atoms with Gasteiger partial charge in [0.05, 0.1) is 10.8 Å². The normalized spacial score (nSPS) is 10.9. The fourth-order valence-corrected chi connectivity index (χ4v) is 4.05. The molecule has 1 heterocycles. The van der Waals surface area contributed by atoms with E-state index >= 15 is 0 Å². The van der Waals surface area contributed by atoms with Crippen molar-refractivity contribution in [3.8, 4) is 11.4 Å². The Morgan fingerprint density at radius 3 is 2.54 bits per heavy atom. The van der Waals surface area contributed by atoms with E-state index in [1.807, 2.05) is 29.7 Å². The summed E-state index contributed by atoms with van der Waals surface area (Å²) in [6.07, 6.45) is 0. The lowest BCUT2D eigenvalue weighted by Crippen LogP contribution is -2.05. The van der Waals surface area contributed by atoms with Crippen LogP contribution in [0.4, 0.5) is 0 Å². The second-order valence-corrected chi connectivity index (χ2v) is 8.10. The maximum absolute atomic E-state index is 12.4. The first-order valence-electron chi connectivity index (χ1n) is 7.79. The Morgan fingerprint density at radius 1 is 1.15 bits per heavy atom. The zero-order valence-electron chi connectivity index (χ0n) is 13.7. The molecule has 0 fully saturated rings. The molecule has 0 N–H and O–H groups in total. The van der Waals surface area contributed by atoms with E-state index in [9.17, 15) is 4.79 Å². The third kappa shape index (κ3) is 4.31. The number of hydrogen-bond donors (Lipinski definition) is 0. The smallest absolute Gasteiger partial charge is 0.191 e. The highest BCUT2D eigenvalue weighted by molar-refractivity contribution is 9.10. The molecule has 0 saturated carbocycles. The molecule has 0 unspecified atom stereocenters. The Labute approximate surface area is 174 Å². The largest absolute Gasteiger partial charge is 0.302 e. The van der Waals surface area contributed by atoms with Crippen molar-refractivity contribution in [3.63, 3.8) is 0 Å². The maximum Gasteiger partial charge on any atom is 0.191 e. The fourth-order valence-electron chi connectivity index (χ4n) is 2.40. The van der Waals surface area contributed by atoms with E-state index in [2.05, 4.69) is 26.1 Å². The standard InChI is InChI=1S/C18H14BrCl2N3OS/c1-2-24-17(14-8-7-13(20)9-15(14)21)22-23-18(24)26-10-16(25)11-3-5-12(19)6-4-11/h3-9H,2,10H2,1H3. The van der Waals surface area contributed by atoms with Crippen molar-refractivity contribution in [1.29, 1.82) is 0 Å². The summed E-state index contributed by atoms with van der Waals surface area (Å²) in [5.74, 6) is 0.987. The molecule has 0 aliphatic carbocycles. The van der Waals surface area contributed by atoms with Crippen molar-refractivity contribution in [2.45, 2.75) is 18.6 Å². The van der Waals surface area contributed by atoms with Gasteiger partial charge in [-0.1, -0.05) is 63.0 Å². The number of aromatic nitrogens is 3. The van der Waals surface area contributed by atoms with Crippen molar-refractivity contribution in [2.24, 2.45) is 0 Å². The van der Waals surface area contributed by atoms with Crippen molar-refractivity contribution >= 4 is 56.7 Å². The number of Topliss-reactive ketones (excluding diaryl/α,β-unsaturated/α-hetero) is 1. The van der Waals surface area contributed by atoms with Crippen LogP contribution in [0.25, 0.3) is 11.4 Å². The molecule has 3 aromatic rings. The van der Waals surface area contributed by atoms with Crippen LogP contribution in [-0.2, 0) is 6.54 Å². The topological polar surface area (TPSA) is 47.8 Å². The molecule has 0 bridgehead atoms. The SMILES string of the molecule is CCn1c(SCC(=O)c2ccc(Br)cc2)nnc1-c1ccc(Cl)cc1Cl. The van der Waals surface area contributed by atoms with Gasteiger partial charge in [0.1, 0.15) is 0 Å². The molecule has 26 heavy (non-hydrogen) atoms. The zero-order chi connectivity index (χ0) is 18.7. The second kappa shape index (κ2) is 8.57. The lowest BCUT2D eigenvalue weighted by Gasteiger charge is -2.08. The second-order valence-electron chi connectivity index (χ2n) is 5.39. The Balaban J connectivity index is 1.80. The van der Waals surface area contributed by atoms with Gasteiger partial charge in [-0.15, -0.1) is 10.2 Å². The molecule has 1 aromatic heterocycles. The summed E-state index contributed by atoms with van der Waals surface area (Å²) in [7, 11) is 0.